The second-order valence-corrected chi connectivity index (χ2v) is 4.15. The third-order valence-electron chi connectivity index (χ3n) is 3.45. The highest BCUT2D eigenvalue weighted by Gasteiger charge is 2.42. The van der Waals surface area contributed by atoms with Gasteiger partial charge in [0.05, 0.1) is 0 Å². The van der Waals surface area contributed by atoms with Crippen LogP contribution in [0.1, 0.15) is 39.0 Å². The minimum Gasteiger partial charge on any atom is -0.314 e. The van der Waals surface area contributed by atoms with Gasteiger partial charge in [0, 0.05) is 6.04 Å². The van der Waals surface area contributed by atoms with Crippen molar-refractivity contribution in [1.29, 1.82) is 0 Å². The van der Waals surface area contributed by atoms with E-state index in [-0.39, 0.29) is 0 Å². The first-order valence-corrected chi connectivity index (χ1v) is 5.15. The van der Waals surface area contributed by atoms with Gasteiger partial charge in [-0.15, -0.1) is 0 Å². The van der Waals surface area contributed by atoms with Crippen molar-refractivity contribution in [3.63, 3.8) is 0 Å². The van der Waals surface area contributed by atoms with Crippen molar-refractivity contribution in [2.45, 2.75) is 45.1 Å². The van der Waals surface area contributed by atoms with E-state index in [2.05, 4.69) is 12.2 Å². The lowest BCUT2D eigenvalue weighted by atomic mass is 9.71. The predicted octanol–water partition coefficient (Wildman–Crippen LogP) is 2.17. The number of nitrogens with one attached hydrogen (secondary N) is 1. The van der Waals surface area contributed by atoms with E-state index in [0.29, 0.717) is 0 Å². The van der Waals surface area contributed by atoms with Gasteiger partial charge in [-0.1, -0.05) is 19.8 Å². The maximum Gasteiger partial charge on any atom is 0.0101 e. The van der Waals surface area contributed by atoms with Crippen molar-refractivity contribution in [2.24, 2.45) is 11.8 Å². The summed E-state index contributed by atoms with van der Waals surface area (Å²) in [4.78, 5) is 0. The van der Waals surface area contributed by atoms with E-state index in [1.807, 2.05) is 0 Å². The Kier molecular flexibility index (Phi) is 2.17. The molecule has 2 rings (SSSR count). The van der Waals surface area contributed by atoms with Crippen molar-refractivity contribution >= 4 is 0 Å². The van der Waals surface area contributed by atoms with Crippen LogP contribution in [0.25, 0.3) is 0 Å². The van der Waals surface area contributed by atoms with Crippen LogP contribution in [0.2, 0.25) is 0 Å². The van der Waals surface area contributed by atoms with Crippen LogP contribution in [0.15, 0.2) is 0 Å². The van der Waals surface area contributed by atoms with Gasteiger partial charge >= 0.3 is 0 Å². The largest absolute Gasteiger partial charge is 0.314 e. The number of fused-ring (bicyclic) bond motifs is 1. The zero-order valence-electron chi connectivity index (χ0n) is 7.47. The molecule has 2 aliphatic carbocycles. The summed E-state index contributed by atoms with van der Waals surface area (Å²) < 4.78 is 0. The molecule has 1 nitrogen and oxygen atoms in total. The lowest BCUT2D eigenvalue weighted by Gasteiger charge is -2.41. The molecule has 2 aliphatic rings. The first kappa shape index (κ1) is 7.60. The lowest BCUT2D eigenvalue weighted by Crippen LogP contribution is -2.48. The summed E-state index contributed by atoms with van der Waals surface area (Å²) in [5.41, 5.74) is 0. The van der Waals surface area contributed by atoms with E-state index in [4.69, 9.17) is 0 Å². The van der Waals surface area contributed by atoms with Crippen LogP contribution in [-0.2, 0) is 0 Å². The number of rotatable bonds is 3. The molecular formula is C10H19N. The molecule has 0 aliphatic heterocycles. The van der Waals surface area contributed by atoms with Crippen LogP contribution >= 0.6 is 0 Å². The van der Waals surface area contributed by atoms with Crippen LogP contribution in [0, 0.1) is 11.8 Å². The van der Waals surface area contributed by atoms with Crippen LogP contribution in [-0.4, -0.2) is 12.6 Å². The molecule has 11 heavy (non-hydrogen) atoms. The normalized spacial score (nSPS) is 41.7. The quantitative estimate of drug-likeness (QED) is 0.655. The predicted molar refractivity (Wildman–Crippen MR) is 47.5 cm³/mol. The molecule has 0 aromatic carbocycles. The van der Waals surface area contributed by atoms with E-state index >= 15 is 0 Å². The van der Waals surface area contributed by atoms with Crippen LogP contribution in [0.4, 0.5) is 0 Å². The SMILES string of the molecule is CCCNC1CC2CCCC21. The van der Waals surface area contributed by atoms with Gasteiger partial charge in [-0.2, -0.15) is 0 Å². The van der Waals surface area contributed by atoms with Crippen LogP contribution in [0.3, 0.4) is 0 Å². The monoisotopic (exact) mass is 153 g/mol. The molecule has 0 spiro atoms. The summed E-state index contributed by atoms with van der Waals surface area (Å²) in [6.45, 7) is 3.48. The smallest absolute Gasteiger partial charge is 0.0101 e. The molecule has 2 saturated carbocycles. The highest BCUT2D eigenvalue weighted by Crippen LogP contribution is 2.46. The Morgan fingerprint density at radius 2 is 2.27 bits per heavy atom. The van der Waals surface area contributed by atoms with Gasteiger partial charge in [0.2, 0.25) is 0 Å². The van der Waals surface area contributed by atoms with Gasteiger partial charge in [-0.3, -0.25) is 0 Å². The average molecular weight is 153 g/mol. The van der Waals surface area contributed by atoms with E-state index in [9.17, 15) is 0 Å². The van der Waals surface area contributed by atoms with Crippen LogP contribution < -0.4 is 5.32 Å². The first-order valence-electron chi connectivity index (χ1n) is 5.15. The third kappa shape index (κ3) is 1.31. The Bertz CT molecular complexity index is 133. The molecule has 3 unspecified atom stereocenters. The minimum absolute atomic E-state index is 0.905. The summed E-state index contributed by atoms with van der Waals surface area (Å²) in [6, 6.07) is 0.905. The third-order valence-corrected chi connectivity index (χ3v) is 3.45. The molecular weight excluding hydrogens is 134 g/mol. The molecule has 3 atom stereocenters. The Labute approximate surface area is 69.6 Å². The van der Waals surface area contributed by atoms with Gasteiger partial charge < -0.3 is 5.32 Å². The molecule has 0 saturated heterocycles. The van der Waals surface area contributed by atoms with Crippen molar-refractivity contribution in [1.82, 2.24) is 5.32 Å². The summed E-state index contributed by atoms with van der Waals surface area (Å²) in [5.74, 6) is 2.19. The Morgan fingerprint density at radius 3 is 3.00 bits per heavy atom. The molecule has 0 radical (unpaired) electrons. The fourth-order valence-electron chi connectivity index (χ4n) is 2.76. The van der Waals surface area contributed by atoms with Crippen LogP contribution in [0.5, 0.6) is 0 Å². The molecule has 0 heterocycles. The first-order chi connectivity index (χ1) is 5.42. The lowest BCUT2D eigenvalue weighted by molar-refractivity contribution is 0.138. The van der Waals surface area contributed by atoms with E-state index < -0.39 is 0 Å². The molecule has 0 aromatic rings. The molecule has 64 valence electrons. The molecule has 0 bridgehead atoms. The Balaban J connectivity index is 1.73. The van der Waals surface area contributed by atoms with Gasteiger partial charge in [-0.25, -0.2) is 0 Å². The summed E-state index contributed by atoms with van der Waals surface area (Å²) in [6.07, 6.45) is 7.29. The highest BCUT2D eigenvalue weighted by atomic mass is 14.9. The maximum atomic E-state index is 3.64. The van der Waals surface area contributed by atoms with Gasteiger partial charge in [0.25, 0.3) is 0 Å². The number of hydrogen-bond donors (Lipinski definition) is 1. The molecule has 1 heteroatoms. The second-order valence-electron chi connectivity index (χ2n) is 4.15. The Morgan fingerprint density at radius 1 is 1.36 bits per heavy atom. The molecule has 0 aromatic heterocycles. The fraction of sp³-hybridized carbons (Fsp3) is 1.00. The van der Waals surface area contributed by atoms with Crippen molar-refractivity contribution in [2.75, 3.05) is 6.54 Å². The van der Waals surface area contributed by atoms with E-state index in [1.165, 1.54) is 38.6 Å². The molecule has 0 amide bonds. The average Bonchev–Trinajstić information content (AvgIpc) is 2.33. The second kappa shape index (κ2) is 3.14. The topological polar surface area (TPSA) is 12.0 Å². The van der Waals surface area contributed by atoms with E-state index in [1.54, 1.807) is 0 Å². The minimum atomic E-state index is 0.905. The van der Waals surface area contributed by atoms with E-state index in [0.717, 1.165) is 17.9 Å². The zero-order chi connectivity index (χ0) is 7.68. The van der Waals surface area contributed by atoms with Crippen molar-refractivity contribution in [3.8, 4) is 0 Å². The molecule has 2 fully saturated rings. The highest BCUT2D eigenvalue weighted by molar-refractivity contribution is 4.97. The van der Waals surface area contributed by atoms with Crippen molar-refractivity contribution < 1.29 is 0 Å². The fourth-order valence-corrected chi connectivity index (χ4v) is 2.76. The Hall–Kier alpha value is -0.0400. The standard InChI is InChI=1S/C10H19N/c1-2-6-11-10-7-8-4-3-5-9(8)10/h8-11H,2-7H2,1H3. The van der Waals surface area contributed by atoms with Crippen molar-refractivity contribution in [3.05, 3.63) is 0 Å². The van der Waals surface area contributed by atoms with Gasteiger partial charge in [0.15, 0.2) is 0 Å². The molecule has 1 N–H and O–H groups in total. The maximum absolute atomic E-state index is 3.64. The number of hydrogen-bond acceptors (Lipinski definition) is 1. The summed E-state index contributed by atoms with van der Waals surface area (Å²) >= 11 is 0. The zero-order valence-corrected chi connectivity index (χ0v) is 7.47. The summed E-state index contributed by atoms with van der Waals surface area (Å²) in [7, 11) is 0. The van der Waals surface area contributed by atoms with Gasteiger partial charge in [-0.05, 0) is 37.6 Å². The summed E-state index contributed by atoms with van der Waals surface area (Å²) in [5, 5.41) is 3.64. The van der Waals surface area contributed by atoms with Gasteiger partial charge in [0.1, 0.15) is 0 Å².